The maximum absolute atomic E-state index is 13.3. The molecule has 1 aromatic heterocycles. The Bertz CT molecular complexity index is 914. The number of carbonyl (C=O) groups is 2. The number of nitrogens with zero attached hydrogens (tertiary/aromatic N) is 5. The van der Waals surface area contributed by atoms with Crippen LogP contribution in [0.2, 0.25) is 0 Å². The van der Waals surface area contributed by atoms with Gasteiger partial charge in [0.1, 0.15) is 5.69 Å². The third kappa shape index (κ3) is 3.13. The van der Waals surface area contributed by atoms with E-state index in [0.717, 1.165) is 0 Å². The summed E-state index contributed by atoms with van der Waals surface area (Å²) in [5.41, 5.74) is -0.819. The number of carbonyl (C=O) groups excluding carboxylic acids is 2. The van der Waals surface area contributed by atoms with Gasteiger partial charge >= 0.3 is 0 Å². The number of likely N-dealkylation sites (tertiary alicyclic amines) is 2. The van der Waals surface area contributed by atoms with Crippen molar-refractivity contribution in [2.75, 3.05) is 45.5 Å². The Hall–Kier alpha value is -2.07. The smallest absolute Gasteiger partial charge is 0.274 e. The first kappa shape index (κ1) is 20.2. The third-order valence-corrected chi connectivity index (χ3v) is 8.28. The summed E-state index contributed by atoms with van der Waals surface area (Å²) >= 11 is 0. The second-order valence-corrected chi connectivity index (χ2v) is 10.4. The predicted molar refractivity (Wildman–Crippen MR) is 105 cm³/mol. The molecule has 2 amide bonds. The van der Waals surface area contributed by atoms with Crippen LogP contribution in [-0.2, 0) is 14.8 Å². The highest BCUT2D eigenvalue weighted by atomic mass is 32.2. The molecule has 0 aromatic carbocycles. The first-order valence-corrected chi connectivity index (χ1v) is 11.9. The number of amides is 2. The monoisotopic (exact) mass is 421 g/mol. The van der Waals surface area contributed by atoms with Crippen molar-refractivity contribution in [2.24, 2.45) is 10.8 Å². The van der Waals surface area contributed by atoms with Crippen molar-refractivity contribution in [2.45, 2.75) is 26.2 Å². The second-order valence-electron chi connectivity index (χ2n) is 8.41. The van der Waals surface area contributed by atoms with Crippen LogP contribution in [-0.4, -0.2) is 89.8 Å². The molecule has 9 nitrogen and oxygen atoms in total. The largest absolute Gasteiger partial charge is 0.342 e. The molecule has 3 saturated heterocycles. The van der Waals surface area contributed by atoms with Gasteiger partial charge < -0.3 is 9.80 Å². The quantitative estimate of drug-likeness (QED) is 0.691. The topological polar surface area (TPSA) is 104 Å². The fraction of sp³-hybridized carbons (Fsp3) is 0.684. The minimum Gasteiger partial charge on any atom is -0.342 e. The molecule has 29 heavy (non-hydrogen) atoms. The van der Waals surface area contributed by atoms with Gasteiger partial charge in [0, 0.05) is 57.1 Å². The number of hydrogen-bond donors (Lipinski definition) is 0. The highest BCUT2D eigenvalue weighted by Gasteiger charge is 2.66. The van der Waals surface area contributed by atoms with Crippen molar-refractivity contribution in [3.8, 4) is 0 Å². The Balaban J connectivity index is 1.60. The van der Waals surface area contributed by atoms with Crippen molar-refractivity contribution in [3.63, 3.8) is 0 Å². The van der Waals surface area contributed by atoms with E-state index in [1.165, 1.54) is 29.2 Å². The molecule has 0 aliphatic carbocycles. The van der Waals surface area contributed by atoms with Crippen molar-refractivity contribution >= 4 is 21.8 Å². The fourth-order valence-electron chi connectivity index (χ4n) is 5.37. The van der Waals surface area contributed by atoms with E-state index in [2.05, 4.69) is 9.97 Å². The number of piperidine rings is 1. The summed E-state index contributed by atoms with van der Waals surface area (Å²) in [4.78, 5) is 37.7. The molecule has 4 heterocycles. The van der Waals surface area contributed by atoms with Crippen molar-refractivity contribution in [3.05, 3.63) is 24.3 Å². The lowest BCUT2D eigenvalue weighted by Crippen LogP contribution is -2.53. The normalized spacial score (nSPS) is 27.3. The number of hydrogen-bond acceptors (Lipinski definition) is 6. The van der Waals surface area contributed by atoms with E-state index in [9.17, 15) is 18.0 Å². The zero-order valence-electron chi connectivity index (χ0n) is 16.9. The van der Waals surface area contributed by atoms with Crippen molar-refractivity contribution < 1.29 is 18.0 Å². The van der Waals surface area contributed by atoms with Crippen LogP contribution in [0.4, 0.5) is 0 Å². The first-order valence-electron chi connectivity index (χ1n) is 10.0. The molecule has 0 radical (unpaired) electrons. The Morgan fingerprint density at radius 3 is 2.41 bits per heavy atom. The summed E-state index contributed by atoms with van der Waals surface area (Å²) in [5.74, 6) is -0.104. The zero-order valence-corrected chi connectivity index (χ0v) is 17.7. The maximum Gasteiger partial charge on any atom is 0.274 e. The second kappa shape index (κ2) is 7.02. The number of fused-ring (bicyclic) bond motifs is 1. The molecule has 0 saturated carbocycles. The molecule has 0 bridgehead atoms. The number of sulfonamides is 1. The minimum atomic E-state index is -3.40. The van der Waals surface area contributed by atoms with E-state index in [0.29, 0.717) is 57.7 Å². The summed E-state index contributed by atoms with van der Waals surface area (Å²) in [7, 11) is -3.40. The van der Waals surface area contributed by atoms with Gasteiger partial charge in [0.2, 0.25) is 15.9 Å². The van der Waals surface area contributed by atoms with Crippen LogP contribution >= 0.6 is 0 Å². The van der Waals surface area contributed by atoms with Crippen LogP contribution in [0.5, 0.6) is 0 Å². The summed E-state index contributed by atoms with van der Waals surface area (Å²) in [6, 6.07) is 0. The van der Waals surface area contributed by atoms with Gasteiger partial charge in [-0.05, 0) is 26.2 Å². The molecule has 158 valence electrons. The fourth-order valence-corrected chi connectivity index (χ4v) is 6.31. The van der Waals surface area contributed by atoms with Gasteiger partial charge in [-0.25, -0.2) is 17.7 Å². The summed E-state index contributed by atoms with van der Waals surface area (Å²) in [5, 5.41) is 0. The molecule has 2 spiro atoms. The van der Waals surface area contributed by atoms with Gasteiger partial charge in [0.25, 0.3) is 5.91 Å². The average Bonchev–Trinajstić information content (AvgIpc) is 3.21. The van der Waals surface area contributed by atoms with Gasteiger partial charge in [-0.2, -0.15) is 0 Å². The summed E-state index contributed by atoms with van der Waals surface area (Å²) < 4.78 is 26.1. The van der Waals surface area contributed by atoms with Crippen LogP contribution in [0.15, 0.2) is 18.6 Å². The van der Waals surface area contributed by atoms with Gasteiger partial charge in [-0.15, -0.1) is 0 Å². The van der Waals surface area contributed by atoms with Gasteiger partial charge in [-0.1, -0.05) is 0 Å². The molecule has 0 N–H and O–H groups in total. The van der Waals surface area contributed by atoms with Crippen LogP contribution in [0.1, 0.15) is 36.7 Å². The minimum absolute atomic E-state index is 0.0693. The highest BCUT2D eigenvalue weighted by molar-refractivity contribution is 7.88. The Kier molecular flexibility index (Phi) is 4.89. The molecule has 1 aromatic rings. The Morgan fingerprint density at radius 2 is 1.86 bits per heavy atom. The van der Waals surface area contributed by atoms with E-state index >= 15 is 0 Å². The van der Waals surface area contributed by atoms with Gasteiger partial charge in [0.05, 0.1) is 17.9 Å². The third-order valence-electron chi connectivity index (χ3n) is 7.09. The lowest BCUT2D eigenvalue weighted by molar-refractivity contribution is -0.141. The number of aromatic nitrogens is 2. The lowest BCUT2D eigenvalue weighted by Gasteiger charge is -2.46. The van der Waals surface area contributed by atoms with E-state index in [1.807, 2.05) is 11.8 Å². The SMILES string of the molecule is CCN1CC[C@]2(CN(S(C)(=O)=O)CC23CCN(C(=O)c2cnccn2)CC3)C1=O. The summed E-state index contributed by atoms with van der Waals surface area (Å²) in [6.45, 7) is 4.81. The number of rotatable bonds is 3. The van der Waals surface area contributed by atoms with E-state index < -0.39 is 20.9 Å². The van der Waals surface area contributed by atoms with Crippen LogP contribution in [0.3, 0.4) is 0 Å². The Morgan fingerprint density at radius 1 is 1.14 bits per heavy atom. The zero-order chi connectivity index (χ0) is 20.9. The van der Waals surface area contributed by atoms with Gasteiger partial charge in [-0.3, -0.25) is 14.6 Å². The average molecular weight is 422 g/mol. The van der Waals surface area contributed by atoms with Crippen LogP contribution in [0, 0.1) is 10.8 Å². The van der Waals surface area contributed by atoms with E-state index in [1.54, 1.807) is 4.90 Å². The standard InChI is InChI=1S/C19H27N5O4S/c1-3-22-11-6-19(17(22)26)14-24(29(2,27)28)13-18(19)4-9-23(10-5-18)16(25)15-12-20-7-8-21-15/h7-8,12H,3-6,9-11,13-14H2,1-2H3/t19-/m0/s1. The van der Waals surface area contributed by atoms with Gasteiger partial charge in [0.15, 0.2) is 0 Å². The van der Waals surface area contributed by atoms with Crippen molar-refractivity contribution in [1.82, 2.24) is 24.1 Å². The van der Waals surface area contributed by atoms with E-state index in [4.69, 9.17) is 0 Å². The molecule has 1 atom stereocenters. The predicted octanol–water partition coefficient (Wildman–Crippen LogP) is 0.213. The molecule has 3 aliphatic rings. The molecule has 3 fully saturated rings. The summed E-state index contributed by atoms with van der Waals surface area (Å²) in [6.07, 6.45) is 7.56. The molecule has 10 heteroatoms. The lowest BCUT2D eigenvalue weighted by atomic mass is 9.60. The molecule has 4 rings (SSSR count). The van der Waals surface area contributed by atoms with Crippen LogP contribution < -0.4 is 0 Å². The molecular weight excluding hydrogens is 394 g/mol. The molecule has 0 unspecified atom stereocenters. The first-order chi connectivity index (χ1) is 13.7. The molecule has 3 aliphatic heterocycles. The molecular formula is C19H27N5O4S. The van der Waals surface area contributed by atoms with Crippen molar-refractivity contribution in [1.29, 1.82) is 0 Å². The van der Waals surface area contributed by atoms with Crippen LogP contribution in [0.25, 0.3) is 0 Å². The van der Waals surface area contributed by atoms with E-state index in [-0.39, 0.29) is 18.4 Å². The highest BCUT2D eigenvalue weighted by Crippen LogP contribution is 2.58. The maximum atomic E-state index is 13.3. The Labute approximate surface area is 171 Å².